The highest BCUT2D eigenvalue weighted by Gasteiger charge is 2.57. The predicted octanol–water partition coefficient (Wildman–Crippen LogP) is 2.96. The van der Waals surface area contributed by atoms with Crippen LogP contribution in [0.25, 0.3) is 10.9 Å². The van der Waals surface area contributed by atoms with E-state index in [9.17, 15) is 44.4 Å². The van der Waals surface area contributed by atoms with Crippen molar-refractivity contribution in [1.82, 2.24) is 19.8 Å². The van der Waals surface area contributed by atoms with Crippen molar-refractivity contribution in [2.45, 2.75) is 81.3 Å². The average molecular weight is 817 g/mol. The Morgan fingerprint density at radius 1 is 1.16 bits per heavy atom. The Morgan fingerprint density at radius 3 is 2.45 bits per heavy atom. The number of aliphatic carboxylic acids is 2. The molecule has 292 valence electrons. The molecule has 0 spiro atoms. The van der Waals surface area contributed by atoms with E-state index >= 15 is 0 Å². The molecule has 3 aliphatic heterocycles. The van der Waals surface area contributed by atoms with Crippen molar-refractivity contribution >= 4 is 80.2 Å². The van der Waals surface area contributed by atoms with Crippen molar-refractivity contribution in [3.8, 4) is 11.5 Å². The van der Waals surface area contributed by atoms with Crippen LogP contribution in [0.4, 0.5) is 5.13 Å². The van der Waals surface area contributed by atoms with Gasteiger partial charge in [0.1, 0.15) is 35.9 Å². The fourth-order valence-corrected chi connectivity index (χ4v) is 9.69. The van der Waals surface area contributed by atoms with Crippen LogP contribution in [0.15, 0.2) is 38.9 Å². The van der Waals surface area contributed by atoms with Crippen molar-refractivity contribution in [2.24, 2.45) is 5.16 Å². The molecule has 3 aromatic rings. The molecule has 1 saturated carbocycles. The quantitative estimate of drug-likeness (QED) is 0.0507. The summed E-state index contributed by atoms with van der Waals surface area (Å²) < 4.78 is 2.27. The highest BCUT2D eigenvalue weighted by Crippen LogP contribution is 2.46. The lowest BCUT2D eigenvalue weighted by molar-refractivity contribution is -0.925. The number of hydrogen-bond acceptors (Lipinski definition) is 13. The summed E-state index contributed by atoms with van der Waals surface area (Å²) in [6, 6.07) is 0.287. The molecule has 3 atom stereocenters. The largest absolute Gasteiger partial charge is 0.504 e. The molecule has 2 aromatic heterocycles. The number of thioether (sulfide) groups is 1. The summed E-state index contributed by atoms with van der Waals surface area (Å²) in [6.07, 6.45) is 5.19. The summed E-state index contributed by atoms with van der Waals surface area (Å²) >= 11 is 8.78. The van der Waals surface area contributed by atoms with E-state index < -0.39 is 63.2 Å². The van der Waals surface area contributed by atoms with Crippen LogP contribution in [0.1, 0.15) is 63.8 Å². The molecular weight excluding hydrogens is 778 g/mol. The van der Waals surface area contributed by atoms with Gasteiger partial charge in [-0.1, -0.05) is 16.8 Å². The van der Waals surface area contributed by atoms with Gasteiger partial charge < -0.3 is 45.4 Å². The number of β-lactam (4-membered cyclic amide) rings is 1. The highest BCUT2D eigenvalue weighted by molar-refractivity contribution is 8.00. The number of quaternary nitrogens is 1. The SMILES string of the molecule is C[C@@H]1S[C@@H]2[C@H](NC(=O)/C(=N\OC(C)(C)C(=O)O)c3csc(N)n3)C(=O)N2C(C(=O)O)=C1C[N+]1(Cc2cn(C3CC3)c3cc(O)c(O)c(Cl)c3c2=O)CCCC1. The number of anilines is 1. The van der Waals surface area contributed by atoms with Gasteiger partial charge in [-0.2, -0.15) is 0 Å². The number of carboxylic acids is 2. The Bertz CT molecular complexity index is 2280. The third-order valence-electron chi connectivity index (χ3n) is 10.5. The van der Waals surface area contributed by atoms with Gasteiger partial charge in [-0.3, -0.25) is 19.3 Å². The molecule has 3 fully saturated rings. The van der Waals surface area contributed by atoms with Gasteiger partial charge in [-0.15, -0.1) is 23.1 Å². The Hall–Kier alpha value is -4.85. The number of carbonyl (C=O) groups excluding carboxylic acids is 2. The summed E-state index contributed by atoms with van der Waals surface area (Å²) in [4.78, 5) is 76.4. The van der Waals surface area contributed by atoms with Crippen molar-refractivity contribution in [1.29, 1.82) is 0 Å². The maximum atomic E-state index is 14.0. The van der Waals surface area contributed by atoms with E-state index in [-0.39, 0.29) is 51.5 Å². The van der Waals surface area contributed by atoms with Crippen LogP contribution in [0.3, 0.4) is 0 Å². The third-order valence-corrected chi connectivity index (χ3v) is 13.0. The van der Waals surface area contributed by atoms with Crippen molar-refractivity contribution in [3.05, 3.63) is 55.4 Å². The molecular formula is C35H39ClN7O10S2+. The molecule has 2 saturated heterocycles. The number of phenols is 2. The molecule has 20 heteroatoms. The Morgan fingerprint density at radius 2 is 1.85 bits per heavy atom. The second-order valence-corrected chi connectivity index (χ2v) is 17.5. The molecule has 7 N–H and O–H groups in total. The van der Waals surface area contributed by atoms with E-state index in [0.29, 0.717) is 34.2 Å². The van der Waals surface area contributed by atoms with E-state index in [1.165, 1.54) is 42.0 Å². The van der Waals surface area contributed by atoms with E-state index in [4.69, 9.17) is 22.2 Å². The maximum absolute atomic E-state index is 14.0. The number of pyridine rings is 1. The third kappa shape index (κ3) is 6.87. The molecule has 7 rings (SSSR count). The lowest BCUT2D eigenvalue weighted by Gasteiger charge is -2.51. The first-order chi connectivity index (χ1) is 25.9. The first-order valence-electron chi connectivity index (χ1n) is 17.5. The molecule has 55 heavy (non-hydrogen) atoms. The number of thiazole rings is 1. The van der Waals surface area contributed by atoms with Crippen LogP contribution in [0.5, 0.6) is 11.5 Å². The van der Waals surface area contributed by atoms with Crippen molar-refractivity contribution in [2.75, 3.05) is 25.4 Å². The number of aromatic hydroxyl groups is 2. The predicted molar refractivity (Wildman–Crippen MR) is 203 cm³/mol. The average Bonchev–Trinajstić information content (AvgIpc) is 3.72. The fraction of sp³-hybridized carbons (Fsp3) is 0.457. The Balaban J connectivity index is 1.18. The summed E-state index contributed by atoms with van der Waals surface area (Å²) in [7, 11) is 0. The minimum atomic E-state index is -1.81. The van der Waals surface area contributed by atoms with E-state index in [1.54, 1.807) is 6.20 Å². The normalized spacial score (nSPS) is 22.4. The first-order valence-corrected chi connectivity index (χ1v) is 19.7. The van der Waals surface area contributed by atoms with E-state index in [2.05, 4.69) is 15.5 Å². The molecule has 2 amide bonds. The van der Waals surface area contributed by atoms with Gasteiger partial charge in [0.25, 0.3) is 11.8 Å². The van der Waals surface area contributed by atoms with E-state index in [0.717, 1.165) is 37.0 Å². The monoisotopic (exact) mass is 816 g/mol. The number of nitrogen functional groups attached to an aromatic ring is 1. The molecule has 0 bridgehead atoms. The summed E-state index contributed by atoms with van der Waals surface area (Å²) in [6.45, 7) is 6.08. The van der Waals surface area contributed by atoms with Crippen molar-refractivity contribution in [3.63, 3.8) is 0 Å². The van der Waals surface area contributed by atoms with Gasteiger partial charge in [0.15, 0.2) is 27.8 Å². The number of aromatic nitrogens is 2. The number of phenolic OH excluding ortho intramolecular Hbond substituents is 2. The highest BCUT2D eigenvalue weighted by atomic mass is 35.5. The van der Waals surface area contributed by atoms with Crippen molar-refractivity contribution < 1.29 is 48.9 Å². The second-order valence-electron chi connectivity index (χ2n) is 14.8. The van der Waals surface area contributed by atoms with Gasteiger partial charge in [-0.05, 0) is 33.6 Å². The Labute approximate surface area is 326 Å². The summed E-state index contributed by atoms with van der Waals surface area (Å²) in [5.41, 5.74) is 4.36. The number of nitrogens with two attached hydrogens (primary N) is 1. The minimum Gasteiger partial charge on any atom is -0.504 e. The zero-order valence-corrected chi connectivity index (χ0v) is 32.3. The number of fused-ring (bicyclic) bond motifs is 2. The molecule has 1 aromatic carbocycles. The number of carbonyl (C=O) groups is 4. The smallest absolute Gasteiger partial charge is 0.352 e. The molecule has 17 nitrogen and oxygen atoms in total. The molecule has 5 heterocycles. The van der Waals surface area contributed by atoms with Gasteiger partial charge in [0.2, 0.25) is 5.60 Å². The second kappa shape index (κ2) is 14.0. The maximum Gasteiger partial charge on any atom is 0.352 e. The zero-order valence-electron chi connectivity index (χ0n) is 29.9. The van der Waals surface area contributed by atoms with Crippen LogP contribution in [0.2, 0.25) is 5.02 Å². The van der Waals surface area contributed by atoms with Gasteiger partial charge in [-0.25, -0.2) is 14.6 Å². The number of rotatable bonds is 12. The van der Waals surface area contributed by atoms with Crippen LogP contribution < -0.4 is 16.5 Å². The number of carboxylic acid groups (broad SMARTS) is 2. The summed E-state index contributed by atoms with van der Waals surface area (Å²) in [5.74, 6) is -5.21. The van der Waals surface area contributed by atoms with Crippen LogP contribution in [0, 0.1) is 0 Å². The van der Waals surface area contributed by atoms with E-state index in [1.807, 2.05) is 11.5 Å². The number of likely N-dealkylation sites (tertiary alicyclic amines) is 1. The number of nitrogens with one attached hydrogen (secondary N) is 1. The lowest BCUT2D eigenvalue weighted by atomic mass is 9.99. The molecule has 0 radical (unpaired) electrons. The number of oxime groups is 1. The number of benzene rings is 1. The molecule has 0 unspecified atom stereocenters. The van der Waals surface area contributed by atoms with Gasteiger partial charge in [0.05, 0.1) is 34.6 Å². The Kier molecular flexibility index (Phi) is 9.80. The van der Waals surface area contributed by atoms with Gasteiger partial charge >= 0.3 is 11.9 Å². The number of amides is 2. The first kappa shape index (κ1) is 38.4. The minimum absolute atomic E-state index is 0.00459. The number of halogens is 1. The standard InChI is InChI=1S/C35H38ClN7O10S2/c1-15-18(13-43(8-4-5-9-43)12-16-11-41(17-6-7-17)20-10-21(44)28(46)23(36)22(20)27(16)45)26(32(49)50)42-30(48)25(31(42)55-15)39-29(47)24(19-14-54-34(37)38-19)40-53-35(2,3)33(51)52/h10-11,14-15,17,25,31H,4-9,12-13H2,1-3H3,(H6-,37,38,39,40,44,45,46,47,49,50,51,52)/p+1/t15-,25+,31+/m0/s1. The zero-order chi connectivity index (χ0) is 39.7. The fourth-order valence-electron chi connectivity index (χ4n) is 7.42. The van der Waals surface area contributed by atoms with Crippen LogP contribution in [-0.2, 0) is 30.6 Å². The van der Waals surface area contributed by atoms with Crippen LogP contribution in [-0.4, -0.2) is 111 Å². The molecule has 4 aliphatic rings. The topological polar surface area (TPSA) is 247 Å². The van der Waals surface area contributed by atoms with Crippen LogP contribution >= 0.6 is 34.7 Å². The molecule has 1 aliphatic carbocycles. The summed E-state index contributed by atoms with van der Waals surface area (Å²) in [5, 5.41) is 47.4. The number of hydrogen-bond donors (Lipinski definition) is 6. The van der Waals surface area contributed by atoms with Gasteiger partial charge in [0, 0.05) is 47.3 Å². The number of nitrogens with zero attached hydrogens (tertiary/aromatic N) is 5. The lowest BCUT2D eigenvalue weighted by Crippen LogP contribution is -2.71.